The Kier molecular flexibility index (Phi) is 7.51. The molecule has 0 radical (unpaired) electrons. The van der Waals surface area contributed by atoms with Crippen LogP contribution >= 0.6 is 11.8 Å². The van der Waals surface area contributed by atoms with Gasteiger partial charge in [-0.3, -0.25) is 4.79 Å². The number of nitrogens with one attached hydrogen (secondary N) is 2. The van der Waals surface area contributed by atoms with Crippen LogP contribution in [0.4, 0.5) is 4.79 Å². The Morgan fingerprint density at radius 2 is 1.66 bits per heavy atom. The van der Waals surface area contributed by atoms with Crippen LogP contribution in [-0.2, 0) is 5.75 Å². The molecule has 1 aliphatic heterocycles. The Morgan fingerprint density at radius 3 is 2.43 bits per heavy atom. The first-order chi connectivity index (χ1) is 17.2. The van der Waals surface area contributed by atoms with Gasteiger partial charge in [-0.05, 0) is 37.8 Å². The average Bonchev–Trinajstić information content (AvgIpc) is 3.28. The second-order valence-corrected chi connectivity index (χ2v) is 10.2. The van der Waals surface area contributed by atoms with Gasteiger partial charge in [0.25, 0.3) is 5.91 Å². The highest BCUT2D eigenvalue weighted by Gasteiger charge is 2.28. The molecule has 2 aromatic heterocycles. The largest absolute Gasteiger partial charge is 0.451 e. The van der Waals surface area contributed by atoms with E-state index >= 15 is 0 Å². The molecule has 1 aliphatic carbocycles. The van der Waals surface area contributed by atoms with Gasteiger partial charge in [0, 0.05) is 54.3 Å². The van der Waals surface area contributed by atoms with Gasteiger partial charge in [0.15, 0.2) is 10.9 Å². The molecule has 1 saturated carbocycles. The smallest absolute Gasteiger partial charge is 0.317 e. The van der Waals surface area contributed by atoms with Crippen molar-refractivity contribution in [1.82, 2.24) is 25.5 Å². The number of piperidine rings is 1. The zero-order valence-electron chi connectivity index (χ0n) is 19.7. The Bertz CT molecular complexity index is 1150. The summed E-state index contributed by atoms with van der Waals surface area (Å²) in [6.45, 7) is 1.27. The highest BCUT2D eigenvalue weighted by molar-refractivity contribution is 7.98. The monoisotopic (exact) mass is 493 g/mol. The lowest BCUT2D eigenvalue weighted by Crippen LogP contribution is -2.51. The number of hydrogen-bond acceptors (Lipinski definition) is 6. The van der Waals surface area contributed by atoms with Crippen LogP contribution in [-0.4, -0.2) is 52.0 Å². The third kappa shape index (κ3) is 5.78. The molecular weight excluding hydrogens is 462 g/mol. The molecule has 2 N–H and O–H groups in total. The molecule has 0 atom stereocenters. The van der Waals surface area contributed by atoms with Crippen molar-refractivity contribution in [3.05, 3.63) is 54.0 Å². The molecule has 0 bridgehead atoms. The number of carbonyl (C=O) groups excluding carboxylic acids is 2. The van der Waals surface area contributed by atoms with Gasteiger partial charge in [-0.1, -0.05) is 49.2 Å². The quantitative estimate of drug-likeness (QED) is 0.380. The van der Waals surface area contributed by atoms with E-state index in [0.29, 0.717) is 41.4 Å². The number of aromatic nitrogens is 2. The summed E-state index contributed by atoms with van der Waals surface area (Å²) >= 11 is 1.47. The molecule has 3 aromatic rings. The van der Waals surface area contributed by atoms with Gasteiger partial charge in [0.2, 0.25) is 0 Å². The molecule has 5 rings (SSSR count). The SMILES string of the molecule is O=C(NC1CCN(C(=O)NC2CCCCC2)CC1)c1oc2ccccc2c1CSc1ncccn1. The molecule has 3 heterocycles. The van der Waals surface area contributed by atoms with Gasteiger partial charge in [0.05, 0.1) is 0 Å². The van der Waals surface area contributed by atoms with Gasteiger partial charge < -0.3 is 20.0 Å². The van der Waals surface area contributed by atoms with Crippen LogP contribution < -0.4 is 10.6 Å². The summed E-state index contributed by atoms with van der Waals surface area (Å²) in [5.74, 6) is 0.659. The van der Waals surface area contributed by atoms with E-state index in [1.165, 1.54) is 31.0 Å². The first-order valence-corrected chi connectivity index (χ1v) is 13.4. The summed E-state index contributed by atoms with van der Waals surface area (Å²) in [5, 5.41) is 7.92. The molecule has 1 aromatic carbocycles. The van der Waals surface area contributed by atoms with Crippen molar-refractivity contribution in [2.24, 2.45) is 0 Å². The number of benzene rings is 1. The van der Waals surface area contributed by atoms with Crippen LogP contribution in [0, 0.1) is 0 Å². The zero-order valence-corrected chi connectivity index (χ0v) is 20.6. The van der Waals surface area contributed by atoms with Gasteiger partial charge in [0.1, 0.15) is 5.58 Å². The number of likely N-dealkylation sites (tertiary alicyclic amines) is 1. The van der Waals surface area contributed by atoms with Gasteiger partial charge in [-0.2, -0.15) is 0 Å². The maximum absolute atomic E-state index is 13.3. The first kappa shape index (κ1) is 23.7. The molecule has 2 aliphatic rings. The molecule has 0 spiro atoms. The van der Waals surface area contributed by atoms with E-state index in [1.807, 2.05) is 29.2 Å². The van der Waals surface area contributed by atoms with Crippen LogP contribution in [0.1, 0.15) is 61.1 Å². The fourth-order valence-corrected chi connectivity index (χ4v) is 5.74. The van der Waals surface area contributed by atoms with E-state index in [1.54, 1.807) is 18.5 Å². The number of rotatable bonds is 6. The maximum Gasteiger partial charge on any atom is 0.317 e. The number of amides is 3. The highest BCUT2D eigenvalue weighted by atomic mass is 32.2. The Hall–Kier alpha value is -3.07. The average molecular weight is 494 g/mol. The molecule has 184 valence electrons. The molecule has 2 fully saturated rings. The lowest BCUT2D eigenvalue weighted by Gasteiger charge is -2.34. The summed E-state index contributed by atoms with van der Waals surface area (Å²) in [6, 6.07) is 9.82. The van der Waals surface area contributed by atoms with Gasteiger partial charge in [-0.25, -0.2) is 14.8 Å². The van der Waals surface area contributed by atoms with Crippen molar-refractivity contribution in [3.8, 4) is 0 Å². The van der Waals surface area contributed by atoms with Crippen LogP contribution in [0.15, 0.2) is 52.3 Å². The van der Waals surface area contributed by atoms with Crippen LogP contribution in [0.2, 0.25) is 0 Å². The summed E-state index contributed by atoms with van der Waals surface area (Å²) in [4.78, 5) is 36.3. The lowest BCUT2D eigenvalue weighted by atomic mass is 9.95. The van der Waals surface area contributed by atoms with Crippen LogP contribution in [0.5, 0.6) is 0 Å². The summed E-state index contributed by atoms with van der Waals surface area (Å²) in [6.07, 6.45) is 10.7. The van der Waals surface area contributed by atoms with E-state index in [2.05, 4.69) is 20.6 Å². The normalized spacial score (nSPS) is 17.4. The zero-order chi connectivity index (χ0) is 24.0. The van der Waals surface area contributed by atoms with E-state index in [-0.39, 0.29) is 18.0 Å². The number of hydrogen-bond donors (Lipinski definition) is 2. The Morgan fingerprint density at radius 1 is 0.943 bits per heavy atom. The Balaban J connectivity index is 1.20. The predicted molar refractivity (Wildman–Crippen MR) is 135 cm³/mol. The molecule has 9 heteroatoms. The van der Waals surface area contributed by atoms with Crippen molar-refractivity contribution in [3.63, 3.8) is 0 Å². The molecule has 3 amide bonds. The maximum atomic E-state index is 13.3. The minimum absolute atomic E-state index is 0.00685. The third-order valence-corrected chi connectivity index (χ3v) is 7.74. The fourth-order valence-electron chi connectivity index (χ4n) is 4.91. The number of thioether (sulfide) groups is 1. The van der Waals surface area contributed by atoms with E-state index in [9.17, 15) is 9.59 Å². The minimum Gasteiger partial charge on any atom is -0.451 e. The molecule has 1 saturated heterocycles. The lowest BCUT2D eigenvalue weighted by molar-refractivity contribution is 0.0890. The number of nitrogens with zero attached hydrogens (tertiary/aromatic N) is 3. The Labute approximate surface area is 209 Å². The number of carbonyl (C=O) groups is 2. The van der Waals surface area contributed by atoms with Crippen molar-refractivity contribution in [1.29, 1.82) is 0 Å². The van der Waals surface area contributed by atoms with Crippen molar-refractivity contribution < 1.29 is 14.0 Å². The van der Waals surface area contributed by atoms with Crippen LogP contribution in [0.25, 0.3) is 11.0 Å². The van der Waals surface area contributed by atoms with E-state index < -0.39 is 0 Å². The number of urea groups is 1. The molecule has 35 heavy (non-hydrogen) atoms. The van der Waals surface area contributed by atoms with Crippen LogP contribution in [0.3, 0.4) is 0 Å². The minimum atomic E-state index is -0.212. The number of fused-ring (bicyclic) bond motifs is 1. The summed E-state index contributed by atoms with van der Waals surface area (Å²) < 4.78 is 5.99. The molecule has 8 nitrogen and oxygen atoms in total. The molecule has 0 unspecified atom stereocenters. The molecular formula is C26H31N5O3S. The van der Waals surface area contributed by atoms with Gasteiger partial charge >= 0.3 is 6.03 Å². The predicted octanol–water partition coefficient (Wildman–Crippen LogP) is 4.75. The van der Waals surface area contributed by atoms with E-state index in [4.69, 9.17) is 4.42 Å². The van der Waals surface area contributed by atoms with Gasteiger partial charge in [-0.15, -0.1) is 0 Å². The fraction of sp³-hybridized carbons (Fsp3) is 0.462. The van der Waals surface area contributed by atoms with E-state index in [0.717, 1.165) is 36.6 Å². The second kappa shape index (κ2) is 11.1. The third-order valence-electron chi connectivity index (χ3n) is 6.84. The standard InChI is InChI=1S/C26H31N5O3S/c32-24(29-19-11-15-31(16-12-19)26(33)30-18-7-2-1-3-8-18)23-21(17-35-25-27-13-6-14-28-25)20-9-4-5-10-22(20)34-23/h4-6,9-10,13-14,18-19H,1-3,7-8,11-12,15-17H2,(H,29,32)(H,30,33). The van der Waals surface area contributed by atoms with Crippen molar-refractivity contribution in [2.45, 2.75) is 67.9 Å². The van der Waals surface area contributed by atoms with Crippen molar-refractivity contribution in [2.75, 3.05) is 13.1 Å². The highest BCUT2D eigenvalue weighted by Crippen LogP contribution is 2.31. The topological polar surface area (TPSA) is 100 Å². The number of para-hydroxylation sites is 1. The first-order valence-electron chi connectivity index (χ1n) is 12.4. The second-order valence-electron chi connectivity index (χ2n) is 9.25. The van der Waals surface area contributed by atoms with Crippen molar-refractivity contribution >= 4 is 34.7 Å². The summed E-state index contributed by atoms with van der Waals surface area (Å²) in [5.41, 5.74) is 1.54. The number of furan rings is 1. The summed E-state index contributed by atoms with van der Waals surface area (Å²) in [7, 11) is 0.